The summed E-state index contributed by atoms with van der Waals surface area (Å²) < 4.78 is 0. The van der Waals surface area contributed by atoms with E-state index < -0.39 is 0 Å². The van der Waals surface area contributed by atoms with Gasteiger partial charge < -0.3 is 15.1 Å². The molecule has 5 heteroatoms. The summed E-state index contributed by atoms with van der Waals surface area (Å²) in [5.74, 6) is 0.612. The van der Waals surface area contributed by atoms with Crippen LogP contribution in [-0.2, 0) is 9.59 Å². The predicted octanol–water partition coefficient (Wildman–Crippen LogP) is -0.323. The van der Waals surface area contributed by atoms with E-state index in [1.165, 1.54) is 0 Å². The highest BCUT2D eigenvalue weighted by Crippen LogP contribution is 2.19. The molecule has 96 valence electrons. The minimum Gasteiger partial charge on any atom is -0.345 e. The van der Waals surface area contributed by atoms with Gasteiger partial charge in [0.05, 0.1) is 0 Å². The van der Waals surface area contributed by atoms with Crippen LogP contribution in [0, 0.1) is 5.92 Å². The second-order valence-electron chi connectivity index (χ2n) is 4.94. The summed E-state index contributed by atoms with van der Waals surface area (Å²) in [6.45, 7) is 5.04. The molecule has 0 aliphatic carbocycles. The Morgan fingerprint density at radius 3 is 2.76 bits per heavy atom. The molecule has 2 saturated heterocycles. The third-order valence-corrected chi connectivity index (χ3v) is 3.63. The molecule has 2 rings (SSSR count). The molecule has 2 heterocycles. The van der Waals surface area contributed by atoms with Crippen LogP contribution in [0.15, 0.2) is 0 Å². The van der Waals surface area contributed by atoms with Crippen LogP contribution in [0.25, 0.3) is 0 Å². The molecule has 0 aromatic heterocycles. The maximum atomic E-state index is 12.1. The number of hydrogen-bond donors (Lipinski definition) is 1. The standard InChI is InChI=1S/C12H21N3O2/c16-10-14-5-1-2-11(9-14)8-12(17)15-6-3-13-4-7-15/h10-11,13H,1-9H2. The molecule has 1 unspecified atom stereocenters. The van der Waals surface area contributed by atoms with Crippen LogP contribution >= 0.6 is 0 Å². The van der Waals surface area contributed by atoms with Gasteiger partial charge in [-0.15, -0.1) is 0 Å². The van der Waals surface area contributed by atoms with E-state index in [0.717, 1.165) is 58.5 Å². The number of amides is 2. The van der Waals surface area contributed by atoms with Gasteiger partial charge in [0.1, 0.15) is 0 Å². The molecule has 5 nitrogen and oxygen atoms in total. The molecule has 17 heavy (non-hydrogen) atoms. The lowest BCUT2D eigenvalue weighted by Crippen LogP contribution is -2.47. The minimum absolute atomic E-state index is 0.254. The number of nitrogens with one attached hydrogen (secondary N) is 1. The molecule has 0 spiro atoms. The summed E-state index contributed by atoms with van der Waals surface area (Å²) in [6, 6.07) is 0. The number of rotatable bonds is 3. The second-order valence-corrected chi connectivity index (χ2v) is 4.94. The maximum Gasteiger partial charge on any atom is 0.223 e. The molecule has 0 aromatic rings. The fourth-order valence-corrected chi connectivity index (χ4v) is 2.65. The van der Waals surface area contributed by atoms with Crippen molar-refractivity contribution < 1.29 is 9.59 Å². The Hall–Kier alpha value is -1.10. The molecule has 2 amide bonds. The van der Waals surface area contributed by atoms with Crippen molar-refractivity contribution in [2.45, 2.75) is 19.3 Å². The summed E-state index contributed by atoms with van der Waals surface area (Å²) in [7, 11) is 0. The maximum absolute atomic E-state index is 12.1. The Morgan fingerprint density at radius 1 is 1.29 bits per heavy atom. The second kappa shape index (κ2) is 6.00. The molecule has 1 atom stereocenters. The van der Waals surface area contributed by atoms with Gasteiger partial charge in [0.15, 0.2) is 0 Å². The Bertz CT molecular complexity index is 277. The lowest BCUT2D eigenvalue weighted by Gasteiger charge is -2.32. The molecule has 0 bridgehead atoms. The third-order valence-electron chi connectivity index (χ3n) is 3.63. The number of piperidine rings is 1. The smallest absolute Gasteiger partial charge is 0.223 e. The van der Waals surface area contributed by atoms with Gasteiger partial charge >= 0.3 is 0 Å². The van der Waals surface area contributed by atoms with Crippen molar-refractivity contribution in [1.82, 2.24) is 15.1 Å². The average Bonchev–Trinajstić information content (AvgIpc) is 2.40. The van der Waals surface area contributed by atoms with Gasteiger partial charge in [-0.25, -0.2) is 0 Å². The van der Waals surface area contributed by atoms with Gasteiger partial charge in [-0.05, 0) is 18.8 Å². The van der Waals surface area contributed by atoms with E-state index in [0.29, 0.717) is 12.3 Å². The van der Waals surface area contributed by atoms with Crippen LogP contribution in [0.3, 0.4) is 0 Å². The van der Waals surface area contributed by atoms with E-state index in [2.05, 4.69) is 5.32 Å². The molecule has 0 saturated carbocycles. The molecule has 1 N–H and O–H groups in total. The first-order valence-electron chi connectivity index (χ1n) is 6.47. The zero-order valence-corrected chi connectivity index (χ0v) is 10.2. The van der Waals surface area contributed by atoms with Crippen LogP contribution in [0.2, 0.25) is 0 Å². The van der Waals surface area contributed by atoms with Gasteiger partial charge in [0.2, 0.25) is 12.3 Å². The number of hydrogen-bond acceptors (Lipinski definition) is 3. The van der Waals surface area contributed by atoms with E-state index in [1.807, 2.05) is 4.90 Å². The highest BCUT2D eigenvalue weighted by Gasteiger charge is 2.24. The normalized spacial score (nSPS) is 25.8. The minimum atomic E-state index is 0.254. The van der Waals surface area contributed by atoms with E-state index in [4.69, 9.17) is 0 Å². The molecule has 0 radical (unpaired) electrons. The van der Waals surface area contributed by atoms with Crippen molar-refractivity contribution in [2.24, 2.45) is 5.92 Å². The van der Waals surface area contributed by atoms with Crippen molar-refractivity contribution >= 4 is 12.3 Å². The van der Waals surface area contributed by atoms with Crippen molar-refractivity contribution in [1.29, 1.82) is 0 Å². The number of carbonyl (C=O) groups excluding carboxylic acids is 2. The van der Waals surface area contributed by atoms with Gasteiger partial charge in [0.25, 0.3) is 0 Å². The molecule has 2 aliphatic heterocycles. The van der Waals surface area contributed by atoms with E-state index in [9.17, 15) is 9.59 Å². The quantitative estimate of drug-likeness (QED) is 0.687. The number of carbonyl (C=O) groups is 2. The fraction of sp³-hybridized carbons (Fsp3) is 0.833. The first kappa shape index (κ1) is 12.4. The predicted molar refractivity (Wildman–Crippen MR) is 64.4 cm³/mol. The van der Waals surface area contributed by atoms with Crippen molar-refractivity contribution in [3.05, 3.63) is 0 Å². The van der Waals surface area contributed by atoms with Gasteiger partial charge in [-0.3, -0.25) is 9.59 Å². The van der Waals surface area contributed by atoms with Crippen molar-refractivity contribution in [3.63, 3.8) is 0 Å². The van der Waals surface area contributed by atoms with Gasteiger partial charge in [-0.1, -0.05) is 0 Å². The number of likely N-dealkylation sites (tertiary alicyclic amines) is 1. The van der Waals surface area contributed by atoms with Crippen LogP contribution < -0.4 is 5.32 Å². The highest BCUT2D eigenvalue weighted by atomic mass is 16.2. The Morgan fingerprint density at radius 2 is 2.06 bits per heavy atom. The summed E-state index contributed by atoms with van der Waals surface area (Å²) in [5, 5.41) is 3.24. The Kier molecular flexibility index (Phi) is 4.36. The fourth-order valence-electron chi connectivity index (χ4n) is 2.65. The lowest BCUT2D eigenvalue weighted by atomic mass is 9.94. The van der Waals surface area contributed by atoms with E-state index in [-0.39, 0.29) is 5.91 Å². The van der Waals surface area contributed by atoms with Gasteiger partial charge in [0, 0.05) is 45.7 Å². The first-order valence-corrected chi connectivity index (χ1v) is 6.47. The number of nitrogens with zero attached hydrogens (tertiary/aromatic N) is 2. The SMILES string of the molecule is O=CN1CCCC(CC(=O)N2CCNCC2)C1. The lowest BCUT2D eigenvalue weighted by molar-refractivity contribution is -0.134. The number of piperazine rings is 1. The molecule has 2 fully saturated rings. The summed E-state index contributed by atoms with van der Waals surface area (Å²) in [5.41, 5.74) is 0. The monoisotopic (exact) mass is 239 g/mol. The van der Waals surface area contributed by atoms with E-state index >= 15 is 0 Å². The molecule has 2 aliphatic rings. The Balaban J connectivity index is 1.78. The molecular weight excluding hydrogens is 218 g/mol. The topological polar surface area (TPSA) is 52.7 Å². The zero-order chi connectivity index (χ0) is 12.1. The van der Waals surface area contributed by atoms with Gasteiger partial charge in [-0.2, -0.15) is 0 Å². The Labute approximate surface area is 102 Å². The highest BCUT2D eigenvalue weighted by molar-refractivity contribution is 5.76. The molecule has 0 aromatic carbocycles. The largest absolute Gasteiger partial charge is 0.345 e. The van der Waals surface area contributed by atoms with Crippen LogP contribution in [0.5, 0.6) is 0 Å². The summed E-state index contributed by atoms with van der Waals surface area (Å²) >= 11 is 0. The summed E-state index contributed by atoms with van der Waals surface area (Å²) in [4.78, 5) is 26.5. The third kappa shape index (κ3) is 3.43. The summed E-state index contributed by atoms with van der Waals surface area (Å²) in [6.07, 6.45) is 3.60. The van der Waals surface area contributed by atoms with Crippen LogP contribution in [0.1, 0.15) is 19.3 Å². The van der Waals surface area contributed by atoms with Crippen LogP contribution in [-0.4, -0.2) is 61.4 Å². The first-order chi connectivity index (χ1) is 8.29. The van der Waals surface area contributed by atoms with Crippen LogP contribution in [0.4, 0.5) is 0 Å². The molecular formula is C12H21N3O2. The average molecular weight is 239 g/mol. The zero-order valence-electron chi connectivity index (χ0n) is 10.2. The van der Waals surface area contributed by atoms with Crippen molar-refractivity contribution in [2.75, 3.05) is 39.3 Å². The van der Waals surface area contributed by atoms with Crippen molar-refractivity contribution in [3.8, 4) is 0 Å². The van der Waals surface area contributed by atoms with E-state index in [1.54, 1.807) is 4.90 Å².